The van der Waals surface area contributed by atoms with Crippen molar-refractivity contribution in [2.75, 3.05) is 5.32 Å². The number of aromatic nitrogens is 4. The fourth-order valence-electron chi connectivity index (χ4n) is 1.15. The van der Waals surface area contributed by atoms with Crippen molar-refractivity contribution in [3.05, 3.63) is 35.0 Å². The third kappa shape index (κ3) is 2.33. The molecule has 1 N–H and O–H groups in total. The Hall–Kier alpha value is -1.43. The van der Waals surface area contributed by atoms with Gasteiger partial charge in [-0.2, -0.15) is 0 Å². The summed E-state index contributed by atoms with van der Waals surface area (Å²) in [5.74, 6) is 1.67. The third-order valence-corrected chi connectivity index (χ3v) is 2.62. The quantitative estimate of drug-likeness (QED) is 0.918. The second kappa shape index (κ2) is 4.39. The first-order chi connectivity index (χ1) is 7.27. The smallest absolute Gasteiger partial charge is 0.151 e. The van der Waals surface area contributed by atoms with Crippen molar-refractivity contribution < 1.29 is 0 Å². The first-order valence-corrected chi connectivity index (χ1v) is 5.24. The third-order valence-electron chi connectivity index (χ3n) is 1.98. The molecule has 0 radical (unpaired) electrons. The minimum absolute atomic E-state index is 0.603. The summed E-state index contributed by atoms with van der Waals surface area (Å²) in [6.07, 6.45) is 3.41. The molecule has 0 saturated heterocycles. The number of anilines is 1. The zero-order valence-corrected chi connectivity index (χ0v) is 9.77. The Kier molecular flexibility index (Phi) is 2.96. The standard InChI is InChI=1S/C9H10BrN5/c1-15-6-13-14-8(15)5-12-9-7(10)3-2-4-11-9/h2-4,6H,5H2,1H3,(H,11,12). The lowest BCUT2D eigenvalue weighted by Gasteiger charge is -2.05. The van der Waals surface area contributed by atoms with Crippen LogP contribution in [0.15, 0.2) is 29.1 Å². The molecular formula is C9H10BrN5. The molecule has 0 bridgehead atoms. The lowest BCUT2D eigenvalue weighted by Crippen LogP contribution is -2.07. The Labute approximate surface area is 95.7 Å². The minimum atomic E-state index is 0.603. The lowest BCUT2D eigenvalue weighted by molar-refractivity contribution is 0.810. The molecule has 0 amide bonds. The zero-order valence-electron chi connectivity index (χ0n) is 8.18. The van der Waals surface area contributed by atoms with Gasteiger partial charge in [0.25, 0.3) is 0 Å². The minimum Gasteiger partial charge on any atom is -0.362 e. The fourth-order valence-corrected chi connectivity index (χ4v) is 1.54. The Balaban J connectivity index is 2.06. The molecule has 0 aliphatic carbocycles. The van der Waals surface area contributed by atoms with E-state index in [1.165, 1.54) is 0 Å². The molecule has 2 heterocycles. The Morgan fingerprint density at radius 1 is 1.53 bits per heavy atom. The molecule has 2 aromatic rings. The van der Waals surface area contributed by atoms with Gasteiger partial charge in [0.1, 0.15) is 12.1 Å². The summed E-state index contributed by atoms with van der Waals surface area (Å²) in [6, 6.07) is 3.81. The van der Waals surface area contributed by atoms with Crippen LogP contribution in [0.4, 0.5) is 5.82 Å². The van der Waals surface area contributed by atoms with Crippen LogP contribution in [-0.4, -0.2) is 19.7 Å². The molecule has 2 aromatic heterocycles. The van der Waals surface area contributed by atoms with Crippen molar-refractivity contribution in [1.82, 2.24) is 19.7 Å². The maximum absolute atomic E-state index is 4.19. The lowest BCUT2D eigenvalue weighted by atomic mass is 10.4. The van der Waals surface area contributed by atoms with Crippen molar-refractivity contribution in [2.45, 2.75) is 6.54 Å². The predicted octanol–water partition coefficient (Wildman–Crippen LogP) is 1.58. The largest absolute Gasteiger partial charge is 0.362 e. The van der Waals surface area contributed by atoms with Crippen LogP contribution in [0.25, 0.3) is 0 Å². The van der Waals surface area contributed by atoms with Crippen LogP contribution in [0, 0.1) is 0 Å². The molecule has 0 aliphatic rings. The van der Waals surface area contributed by atoms with Gasteiger partial charge in [-0.05, 0) is 28.1 Å². The van der Waals surface area contributed by atoms with E-state index >= 15 is 0 Å². The maximum Gasteiger partial charge on any atom is 0.151 e. The molecule has 15 heavy (non-hydrogen) atoms. The second-order valence-electron chi connectivity index (χ2n) is 3.05. The number of nitrogens with zero attached hydrogens (tertiary/aromatic N) is 4. The van der Waals surface area contributed by atoms with E-state index in [2.05, 4.69) is 36.4 Å². The summed E-state index contributed by atoms with van der Waals surface area (Å²) in [7, 11) is 1.91. The molecule has 0 spiro atoms. The predicted molar refractivity (Wildman–Crippen MR) is 60.3 cm³/mol. The van der Waals surface area contributed by atoms with E-state index in [0.29, 0.717) is 6.54 Å². The summed E-state index contributed by atoms with van der Waals surface area (Å²) in [4.78, 5) is 4.19. The highest BCUT2D eigenvalue weighted by molar-refractivity contribution is 9.10. The van der Waals surface area contributed by atoms with E-state index in [1.54, 1.807) is 12.5 Å². The molecule has 0 atom stereocenters. The monoisotopic (exact) mass is 267 g/mol. The summed E-state index contributed by atoms with van der Waals surface area (Å²) in [6.45, 7) is 0.603. The van der Waals surface area contributed by atoms with Gasteiger partial charge in [0.05, 0.1) is 11.0 Å². The highest BCUT2D eigenvalue weighted by atomic mass is 79.9. The van der Waals surface area contributed by atoms with Gasteiger partial charge >= 0.3 is 0 Å². The molecule has 6 heteroatoms. The first kappa shape index (κ1) is 10.1. The van der Waals surface area contributed by atoms with Crippen LogP contribution in [0.3, 0.4) is 0 Å². The molecule has 0 aromatic carbocycles. The van der Waals surface area contributed by atoms with Gasteiger partial charge in [-0.1, -0.05) is 0 Å². The van der Waals surface area contributed by atoms with Gasteiger partial charge < -0.3 is 9.88 Å². The Bertz CT molecular complexity index is 453. The maximum atomic E-state index is 4.19. The highest BCUT2D eigenvalue weighted by Crippen LogP contribution is 2.18. The van der Waals surface area contributed by atoms with Crippen molar-refractivity contribution in [2.24, 2.45) is 7.05 Å². The van der Waals surface area contributed by atoms with E-state index < -0.39 is 0 Å². The van der Waals surface area contributed by atoms with Crippen LogP contribution in [0.1, 0.15) is 5.82 Å². The molecule has 0 unspecified atom stereocenters. The van der Waals surface area contributed by atoms with E-state index in [0.717, 1.165) is 16.1 Å². The van der Waals surface area contributed by atoms with Crippen molar-refractivity contribution in [3.63, 3.8) is 0 Å². The van der Waals surface area contributed by atoms with Gasteiger partial charge in [-0.15, -0.1) is 10.2 Å². The van der Waals surface area contributed by atoms with E-state index in [-0.39, 0.29) is 0 Å². The van der Waals surface area contributed by atoms with Gasteiger partial charge in [-0.3, -0.25) is 0 Å². The van der Waals surface area contributed by atoms with Crippen molar-refractivity contribution in [1.29, 1.82) is 0 Å². The second-order valence-corrected chi connectivity index (χ2v) is 3.90. The molecular weight excluding hydrogens is 258 g/mol. The van der Waals surface area contributed by atoms with Crippen LogP contribution >= 0.6 is 15.9 Å². The van der Waals surface area contributed by atoms with Gasteiger partial charge in [0.2, 0.25) is 0 Å². The zero-order chi connectivity index (χ0) is 10.7. The summed E-state index contributed by atoms with van der Waals surface area (Å²) in [5.41, 5.74) is 0. The Morgan fingerprint density at radius 3 is 3.07 bits per heavy atom. The topological polar surface area (TPSA) is 55.6 Å². The Morgan fingerprint density at radius 2 is 2.40 bits per heavy atom. The molecule has 0 fully saturated rings. The van der Waals surface area contributed by atoms with E-state index in [9.17, 15) is 0 Å². The molecule has 0 aliphatic heterocycles. The van der Waals surface area contributed by atoms with Crippen LogP contribution in [-0.2, 0) is 13.6 Å². The molecule has 78 valence electrons. The van der Waals surface area contributed by atoms with Crippen molar-refractivity contribution >= 4 is 21.7 Å². The number of hydrogen-bond acceptors (Lipinski definition) is 4. The number of aryl methyl sites for hydroxylation is 1. The molecule has 0 saturated carbocycles. The van der Waals surface area contributed by atoms with E-state index in [1.807, 2.05) is 23.7 Å². The van der Waals surface area contributed by atoms with Crippen LogP contribution in [0.2, 0.25) is 0 Å². The van der Waals surface area contributed by atoms with Gasteiger partial charge in [-0.25, -0.2) is 4.98 Å². The fraction of sp³-hybridized carbons (Fsp3) is 0.222. The first-order valence-electron chi connectivity index (χ1n) is 4.44. The number of nitrogens with one attached hydrogen (secondary N) is 1. The van der Waals surface area contributed by atoms with Gasteiger partial charge in [0.15, 0.2) is 5.82 Å². The van der Waals surface area contributed by atoms with E-state index in [4.69, 9.17) is 0 Å². The number of halogens is 1. The van der Waals surface area contributed by atoms with Crippen molar-refractivity contribution in [3.8, 4) is 0 Å². The average Bonchev–Trinajstić information content (AvgIpc) is 2.63. The normalized spacial score (nSPS) is 10.3. The average molecular weight is 268 g/mol. The number of pyridine rings is 1. The number of hydrogen-bond donors (Lipinski definition) is 1. The van der Waals surface area contributed by atoms with Crippen LogP contribution in [0.5, 0.6) is 0 Å². The van der Waals surface area contributed by atoms with Crippen LogP contribution < -0.4 is 5.32 Å². The SMILES string of the molecule is Cn1cnnc1CNc1ncccc1Br. The summed E-state index contributed by atoms with van der Waals surface area (Å²) < 4.78 is 2.80. The highest BCUT2D eigenvalue weighted by Gasteiger charge is 2.02. The molecule has 2 rings (SSSR count). The van der Waals surface area contributed by atoms with Gasteiger partial charge in [0, 0.05) is 13.2 Å². The summed E-state index contributed by atoms with van der Waals surface area (Å²) in [5, 5.41) is 10.9. The summed E-state index contributed by atoms with van der Waals surface area (Å²) >= 11 is 3.41. The number of rotatable bonds is 3. The molecule has 5 nitrogen and oxygen atoms in total.